The molecule has 3 atom stereocenters. The number of carboxylic acids is 1. The van der Waals surface area contributed by atoms with Gasteiger partial charge in [-0.3, -0.25) is 4.79 Å². The number of hydrogen-bond acceptors (Lipinski definition) is 2. The van der Waals surface area contributed by atoms with Gasteiger partial charge >= 0.3 is 12.1 Å². The second kappa shape index (κ2) is 6.25. The molecule has 1 rings (SSSR count). The fraction of sp³-hybridized carbons (Fsp3) is 0.417. The van der Waals surface area contributed by atoms with Crippen LogP contribution in [0.4, 0.5) is 13.2 Å². The third-order valence-electron chi connectivity index (χ3n) is 2.68. The van der Waals surface area contributed by atoms with Crippen molar-refractivity contribution in [2.45, 2.75) is 29.9 Å². The number of rotatable bonds is 5. The van der Waals surface area contributed by atoms with Crippen molar-refractivity contribution in [2.75, 3.05) is 0 Å². The van der Waals surface area contributed by atoms with E-state index in [1.54, 1.807) is 18.2 Å². The van der Waals surface area contributed by atoms with Crippen LogP contribution in [-0.2, 0) is 4.79 Å². The molecular formula is C12H13ClF3NO2. The van der Waals surface area contributed by atoms with Crippen molar-refractivity contribution in [1.29, 1.82) is 0 Å². The van der Waals surface area contributed by atoms with Gasteiger partial charge in [-0.15, -0.1) is 11.6 Å². The first-order valence-electron chi connectivity index (χ1n) is 5.46. The molecule has 0 aliphatic carbocycles. The smallest absolute Gasteiger partial charge is 0.405 e. The van der Waals surface area contributed by atoms with Gasteiger partial charge in [0.05, 0.1) is 6.42 Å². The molecule has 0 radical (unpaired) electrons. The van der Waals surface area contributed by atoms with Gasteiger partial charge in [-0.1, -0.05) is 30.3 Å². The number of alkyl halides is 4. The van der Waals surface area contributed by atoms with Gasteiger partial charge in [-0.05, 0) is 5.56 Å². The van der Waals surface area contributed by atoms with E-state index >= 15 is 0 Å². The SMILES string of the molecule is NC(CC(=O)O)C(c1ccccc1)C(Cl)C(F)(F)F. The van der Waals surface area contributed by atoms with Crippen molar-refractivity contribution >= 4 is 17.6 Å². The Labute approximate surface area is 113 Å². The Morgan fingerprint density at radius 1 is 1.32 bits per heavy atom. The molecule has 0 aromatic heterocycles. The van der Waals surface area contributed by atoms with Gasteiger partial charge in [-0.2, -0.15) is 13.2 Å². The molecule has 0 aliphatic heterocycles. The van der Waals surface area contributed by atoms with E-state index in [4.69, 9.17) is 22.4 Å². The molecule has 3 N–H and O–H groups in total. The highest BCUT2D eigenvalue weighted by Crippen LogP contribution is 2.38. The molecule has 106 valence electrons. The van der Waals surface area contributed by atoms with Gasteiger partial charge in [0.1, 0.15) is 5.38 Å². The average molecular weight is 296 g/mol. The van der Waals surface area contributed by atoms with Crippen molar-refractivity contribution in [1.82, 2.24) is 0 Å². The highest BCUT2D eigenvalue weighted by atomic mass is 35.5. The minimum absolute atomic E-state index is 0.272. The number of halogens is 4. The fourth-order valence-electron chi connectivity index (χ4n) is 1.84. The zero-order chi connectivity index (χ0) is 14.6. The van der Waals surface area contributed by atoms with Crippen LogP contribution in [0.25, 0.3) is 0 Å². The number of benzene rings is 1. The quantitative estimate of drug-likeness (QED) is 0.821. The van der Waals surface area contributed by atoms with Crippen LogP contribution in [0.1, 0.15) is 17.9 Å². The largest absolute Gasteiger partial charge is 0.481 e. The lowest BCUT2D eigenvalue weighted by Crippen LogP contribution is -2.41. The van der Waals surface area contributed by atoms with Crippen LogP contribution in [-0.4, -0.2) is 28.7 Å². The molecule has 0 aliphatic rings. The third kappa shape index (κ3) is 4.40. The van der Waals surface area contributed by atoms with Crippen molar-refractivity contribution in [3.8, 4) is 0 Å². The number of aliphatic carboxylic acids is 1. The van der Waals surface area contributed by atoms with Gasteiger partial charge < -0.3 is 10.8 Å². The van der Waals surface area contributed by atoms with Gasteiger partial charge in [0.25, 0.3) is 0 Å². The third-order valence-corrected chi connectivity index (χ3v) is 3.20. The van der Waals surface area contributed by atoms with Crippen molar-refractivity contribution in [2.24, 2.45) is 5.73 Å². The van der Waals surface area contributed by atoms with E-state index in [1.165, 1.54) is 12.1 Å². The Morgan fingerprint density at radius 3 is 2.26 bits per heavy atom. The summed E-state index contributed by atoms with van der Waals surface area (Å²) in [5.74, 6) is -2.57. The minimum Gasteiger partial charge on any atom is -0.481 e. The van der Waals surface area contributed by atoms with Crippen molar-refractivity contribution < 1.29 is 23.1 Å². The summed E-state index contributed by atoms with van der Waals surface area (Å²) < 4.78 is 38.2. The predicted octanol–water partition coefficient (Wildman–Crippen LogP) is 2.74. The summed E-state index contributed by atoms with van der Waals surface area (Å²) in [6.07, 6.45) is -5.24. The summed E-state index contributed by atoms with van der Waals surface area (Å²) in [6, 6.07) is 6.43. The summed E-state index contributed by atoms with van der Waals surface area (Å²) in [4.78, 5) is 10.6. The number of carboxylic acid groups (broad SMARTS) is 1. The van der Waals surface area contributed by atoms with E-state index in [9.17, 15) is 18.0 Å². The van der Waals surface area contributed by atoms with Crippen LogP contribution in [0, 0.1) is 0 Å². The molecule has 0 saturated carbocycles. The van der Waals surface area contributed by atoms with Crippen LogP contribution in [0.15, 0.2) is 30.3 Å². The topological polar surface area (TPSA) is 63.3 Å². The highest BCUT2D eigenvalue weighted by molar-refractivity contribution is 6.21. The molecule has 3 unspecified atom stereocenters. The Bertz CT molecular complexity index is 425. The van der Waals surface area contributed by atoms with Crippen molar-refractivity contribution in [3.05, 3.63) is 35.9 Å². The summed E-state index contributed by atoms with van der Waals surface area (Å²) in [7, 11) is 0. The molecule has 0 amide bonds. The molecule has 0 saturated heterocycles. The standard InChI is InChI=1S/C12H13ClF3NO2/c13-11(12(14,15)16)10(8(17)6-9(18)19)7-4-2-1-3-5-7/h1-5,8,10-11H,6,17H2,(H,18,19). The van der Waals surface area contributed by atoms with E-state index in [-0.39, 0.29) is 5.56 Å². The van der Waals surface area contributed by atoms with Gasteiger partial charge in [0, 0.05) is 12.0 Å². The molecule has 0 spiro atoms. The first-order chi connectivity index (χ1) is 8.73. The molecule has 1 aromatic carbocycles. The summed E-state index contributed by atoms with van der Waals surface area (Å²) in [6.45, 7) is 0. The predicted molar refractivity (Wildman–Crippen MR) is 65.1 cm³/mol. The number of hydrogen-bond donors (Lipinski definition) is 2. The van der Waals surface area contributed by atoms with E-state index in [0.29, 0.717) is 0 Å². The van der Waals surface area contributed by atoms with Gasteiger partial charge in [0.15, 0.2) is 0 Å². The first-order valence-corrected chi connectivity index (χ1v) is 5.90. The first kappa shape index (κ1) is 15.8. The van der Waals surface area contributed by atoms with E-state index in [0.717, 1.165) is 0 Å². The van der Waals surface area contributed by atoms with Gasteiger partial charge in [0.2, 0.25) is 0 Å². The Morgan fingerprint density at radius 2 is 1.84 bits per heavy atom. The fourth-order valence-corrected chi connectivity index (χ4v) is 2.17. The summed E-state index contributed by atoms with van der Waals surface area (Å²) in [5, 5.41) is 6.43. The molecule has 1 aromatic rings. The normalized spacial score (nSPS) is 16.7. The molecule has 7 heteroatoms. The monoisotopic (exact) mass is 295 g/mol. The number of nitrogens with two attached hydrogens (primary N) is 1. The van der Waals surface area contributed by atoms with Crippen molar-refractivity contribution in [3.63, 3.8) is 0 Å². The molecule has 0 heterocycles. The molecular weight excluding hydrogens is 283 g/mol. The zero-order valence-corrected chi connectivity index (χ0v) is 10.5. The second-order valence-electron chi connectivity index (χ2n) is 4.14. The van der Waals surface area contributed by atoms with Crippen LogP contribution in [0.2, 0.25) is 0 Å². The molecule has 0 bridgehead atoms. The maximum absolute atomic E-state index is 12.7. The van der Waals surface area contributed by atoms with E-state index in [2.05, 4.69) is 0 Å². The van der Waals surface area contributed by atoms with Crippen LogP contribution in [0.3, 0.4) is 0 Å². The maximum Gasteiger partial charge on any atom is 0.405 e. The van der Waals surface area contributed by atoms with E-state index in [1.807, 2.05) is 0 Å². The van der Waals surface area contributed by atoms with Gasteiger partial charge in [-0.25, -0.2) is 0 Å². The zero-order valence-electron chi connectivity index (χ0n) is 9.77. The highest BCUT2D eigenvalue weighted by Gasteiger charge is 2.46. The lowest BCUT2D eigenvalue weighted by molar-refractivity contribution is -0.142. The van der Waals surface area contributed by atoms with Crippen LogP contribution < -0.4 is 5.73 Å². The molecule has 19 heavy (non-hydrogen) atoms. The average Bonchev–Trinajstić information content (AvgIpc) is 2.28. The maximum atomic E-state index is 12.7. The second-order valence-corrected chi connectivity index (χ2v) is 4.61. The Balaban J connectivity index is 3.08. The Kier molecular flexibility index (Phi) is 5.20. The number of carbonyl (C=O) groups is 1. The van der Waals surface area contributed by atoms with Crippen LogP contribution >= 0.6 is 11.6 Å². The molecule has 0 fully saturated rings. The Hall–Kier alpha value is -1.27. The van der Waals surface area contributed by atoms with Crippen LogP contribution in [0.5, 0.6) is 0 Å². The minimum atomic E-state index is -4.65. The summed E-state index contributed by atoms with van der Waals surface area (Å²) in [5.41, 5.74) is 5.86. The summed E-state index contributed by atoms with van der Waals surface area (Å²) >= 11 is 5.44. The molecule has 3 nitrogen and oxygen atoms in total. The lowest BCUT2D eigenvalue weighted by atomic mass is 9.86. The lowest BCUT2D eigenvalue weighted by Gasteiger charge is -2.29. The van der Waals surface area contributed by atoms with E-state index < -0.39 is 35.9 Å².